The Morgan fingerprint density at radius 1 is 1.50 bits per heavy atom. The van der Waals surface area contributed by atoms with Crippen molar-refractivity contribution in [1.82, 2.24) is 5.32 Å². The van der Waals surface area contributed by atoms with E-state index < -0.39 is 11.6 Å². The number of methoxy groups -OCH3 is 1. The van der Waals surface area contributed by atoms with Gasteiger partial charge in [0.2, 0.25) is 6.41 Å². The van der Waals surface area contributed by atoms with Crippen molar-refractivity contribution < 1.29 is 18.3 Å². The summed E-state index contributed by atoms with van der Waals surface area (Å²) in [5.41, 5.74) is -0.212. The van der Waals surface area contributed by atoms with Crippen LogP contribution in [0.4, 0.5) is 8.78 Å². The second kappa shape index (κ2) is 4.55. The maximum atomic E-state index is 13.3. The number of hydrogen-bond donors (Lipinski definition) is 1. The molecule has 0 spiro atoms. The predicted molar refractivity (Wildman–Crippen MR) is 45.8 cm³/mol. The molecule has 0 fully saturated rings. The number of halogens is 2. The second-order valence-electron chi connectivity index (χ2n) is 2.54. The van der Waals surface area contributed by atoms with Gasteiger partial charge in [0.1, 0.15) is 5.82 Å². The van der Waals surface area contributed by atoms with E-state index in [9.17, 15) is 13.6 Å². The molecule has 0 heterocycles. The molecule has 0 saturated heterocycles. The highest BCUT2D eigenvalue weighted by atomic mass is 19.1. The van der Waals surface area contributed by atoms with Gasteiger partial charge in [-0.05, 0) is 12.1 Å². The minimum atomic E-state index is -0.790. The number of rotatable bonds is 4. The Morgan fingerprint density at radius 3 is 2.79 bits per heavy atom. The molecular formula is C9H9F2NO2. The zero-order valence-electron chi connectivity index (χ0n) is 7.51. The van der Waals surface area contributed by atoms with Crippen LogP contribution in [0.1, 0.15) is 5.56 Å². The van der Waals surface area contributed by atoms with Crippen molar-refractivity contribution >= 4 is 6.41 Å². The van der Waals surface area contributed by atoms with E-state index in [1.165, 1.54) is 13.2 Å². The maximum absolute atomic E-state index is 13.3. The summed E-state index contributed by atoms with van der Waals surface area (Å²) in [5.74, 6) is -1.55. The van der Waals surface area contributed by atoms with Crippen LogP contribution in [0.3, 0.4) is 0 Å². The van der Waals surface area contributed by atoms with E-state index in [-0.39, 0.29) is 17.9 Å². The molecule has 0 aromatic heterocycles. The average Bonchev–Trinajstić information content (AvgIpc) is 2.18. The molecule has 0 unspecified atom stereocenters. The van der Waals surface area contributed by atoms with Crippen molar-refractivity contribution in [1.29, 1.82) is 0 Å². The number of ether oxygens (including phenoxy) is 1. The third-order valence-corrected chi connectivity index (χ3v) is 1.73. The molecule has 0 atom stereocenters. The molecule has 1 amide bonds. The van der Waals surface area contributed by atoms with Crippen LogP contribution in [0.25, 0.3) is 0 Å². The summed E-state index contributed by atoms with van der Waals surface area (Å²) >= 11 is 0. The van der Waals surface area contributed by atoms with Crippen molar-refractivity contribution in [2.75, 3.05) is 7.11 Å². The van der Waals surface area contributed by atoms with E-state index in [0.29, 0.717) is 6.41 Å². The summed E-state index contributed by atoms with van der Waals surface area (Å²) in [7, 11) is 1.28. The fraction of sp³-hybridized carbons (Fsp3) is 0.222. The molecule has 3 nitrogen and oxygen atoms in total. The first-order valence-corrected chi connectivity index (χ1v) is 3.88. The lowest BCUT2D eigenvalue weighted by Gasteiger charge is -2.07. The lowest BCUT2D eigenvalue weighted by atomic mass is 10.2. The van der Waals surface area contributed by atoms with Crippen LogP contribution >= 0.6 is 0 Å². The Morgan fingerprint density at radius 2 is 2.21 bits per heavy atom. The minimum absolute atomic E-state index is 0.0471. The molecule has 5 heteroatoms. The Hall–Kier alpha value is -1.65. The summed E-state index contributed by atoms with van der Waals surface area (Å²) in [6.07, 6.45) is 0.373. The van der Waals surface area contributed by atoms with Crippen molar-refractivity contribution in [3.8, 4) is 5.75 Å². The summed E-state index contributed by atoms with van der Waals surface area (Å²) < 4.78 is 31.0. The fourth-order valence-corrected chi connectivity index (χ4v) is 1.04. The topological polar surface area (TPSA) is 38.3 Å². The van der Waals surface area contributed by atoms with Gasteiger partial charge < -0.3 is 10.1 Å². The molecule has 76 valence electrons. The molecular weight excluding hydrogens is 192 g/mol. The van der Waals surface area contributed by atoms with Crippen molar-refractivity contribution in [2.45, 2.75) is 6.54 Å². The van der Waals surface area contributed by atoms with Crippen molar-refractivity contribution in [2.24, 2.45) is 0 Å². The first-order chi connectivity index (χ1) is 6.70. The molecule has 0 aliphatic rings. The number of hydrogen-bond acceptors (Lipinski definition) is 2. The standard InChI is InChI=1S/C9H9F2NO2/c1-14-8-3-2-7(10)6(9(8)11)4-12-5-13/h2-3,5H,4H2,1H3,(H,12,13). The molecule has 1 aromatic rings. The van der Waals surface area contributed by atoms with Gasteiger partial charge in [0, 0.05) is 12.1 Å². The zero-order valence-corrected chi connectivity index (χ0v) is 7.51. The van der Waals surface area contributed by atoms with Crippen molar-refractivity contribution in [3.05, 3.63) is 29.3 Å². The van der Waals surface area contributed by atoms with Gasteiger partial charge in [-0.1, -0.05) is 0 Å². The molecule has 0 radical (unpaired) electrons. The highest BCUT2D eigenvalue weighted by molar-refractivity contribution is 5.46. The van der Waals surface area contributed by atoms with E-state index in [2.05, 4.69) is 10.1 Å². The monoisotopic (exact) mass is 201 g/mol. The smallest absolute Gasteiger partial charge is 0.207 e. The van der Waals surface area contributed by atoms with E-state index in [4.69, 9.17) is 0 Å². The van der Waals surface area contributed by atoms with Crippen LogP contribution in [-0.2, 0) is 11.3 Å². The van der Waals surface area contributed by atoms with E-state index in [1.54, 1.807) is 0 Å². The largest absolute Gasteiger partial charge is 0.494 e. The molecule has 0 aliphatic carbocycles. The first kappa shape index (κ1) is 10.4. The number of carbonyl (C=O) groups is 1. The minimum Gasteiger partial charge on any atom is -0.494 e. The molecule has 0 saturated carbocycles. The number of carbonyl (C=O) groups excluding carboxylic acids is 1. The van der Waals surface area contributed by atoms with Crippen molar-refractivity contribution in [3.63, 3.8) is 0 Å². The van der Waals surface area contributed by atoms with Gasteiger partial charge in [-0.3, -0.25) is 4.79 Å². The summed E-state index contributed by atoms with van der Waals surface area (Å²) in [6.45, 7) is -0.196. The number of nitrogens with one attached hydrogen (secondary N) is 1. The summed E-state index contributed by atoms with van der Waals surface area (Å²) in [5, 5.41) is 2.18. The number of amides is 1. The van der Waals surface area contributed by atoms with Crippen LogP contribution in [0.2, 0.25) is 0 Å². The van der Waals surface area contributed by atoms with Crippen LogP contribution < -0.4 is 10.1 Å². The summed E-state index contributed by atoms with van der Waals surface area (Å²) in [4.78, 5) is 9.97. The first-order valence-electron chi connectivity index (χ1n) is 3.88. The molecule has 14 heavy (non-hydrogen) atoms. The molecule has 0 aliphatic heterocycles. The van der Waals surface area contributed by atoms with Crippen LogP contribution in [0, 0.1) is 11.6 Å². The van der Waals surface area contributed by atoms with Crippen LogP contribution in [0.5, 0.6) is 5.75 Å². The quantitative estimate of drug-likeness (QED) is 0.744. The van der Waals surface area contributed by atoms with Gasteiger partial charge in [0.25, 0.3) is 0 Å². The van der Waals surface area contributed by atoms with Gasteiger partial charge in [-0.2, -0.15) is 0 Å². The van der Waals surface area contributed by atoms with Crippen LogP contribution in [0.15, 0.2) is 12.1 Å². The normalized spacial score (nSPS) is 9.64. The zero-order chi connectivity index (χ0) is 10.6. The van der Waals surface area contributed by atoms with E-state index >= 15 is 0 Å². The predicted octanol–water partition coefficient (Wildman–Crippen LogP) is 1.22. The lowest BCUT2D eigenvalue weighted by molar-refractivity contribution is -0.109. The number of benzene rings is 1. The van der Waals surface area contributed by atoms with Gasteiger partial charge >= 0.3 is 0 Å². The van der Waals surface area contributed by atoms with Gasteiger partial charge in [0.15, 0.2) is 11.6 Å². The van der Waals surface area contributed by atoms with Gasteiger partial charge in [0.05, 0.1) is 7.11 Å². The molecule has 1 N–H and O–H groups in total. The Labute approximate surface area is 79.7 Å². The lowest BCUT2D eigenvalue weighted by Crippen LogP contribution is -2.13. The molecule has 1 aromatic carbocycles. The Bertz CT molecular complexity index is 342. The molecule has 0 bridgehead atoms. The Kier molecular flexibility index (Phi) is 3.39. The fourth-order valence-electron chi connectivity index (χ4n) is 1.04. The Balaban J connectivity index is 3.04. The summed E-state index contributed by atoms with van der Waals surface area (Å²) in [6, 6.07) is 2.28. The van der Waals surface area contributed by atoms with E-state index in [1.807, 2.05) is 0 Å². The maximum Gasteiger partial charge on any atom is 0.207 e. The SMILES string of the molecule is COc1ccc(F)c(CNC=O)c1F. The third kappa shape index (κ3) is 1.99. The third-order valence-electron chi connectivity index (χ3n) is 1.73. The average molecular weight is 201 g/mol. The highest BCUT2D eigenvalue weighted by Gasteiger charge is 2.13. The van der Waals surface area contributed by atoms with Crippen LogP contribution in [-0.4, -0.2) is 13.5 Å². The van der Waals surface area contributed by atoms with Gasteiger partial charge in [-0.25, -0.2) is 8.78 Å². The molecule has 1 rings (SSSR count). The van der Waals surface area contributed by atoms with Gasteiger partial charge in [-0.15, -0.1) is 0 Å². The second-order valence-corrected chi connectivity index (χ2v) is 2.54. The highest BCUT2D eigenvalue weighted by Crippen LogP contribution is 2.22. The van der Waals surface area contributed by atoms with E-state index in [0.717, 1.165) is 6.07 Å².